The van der Waals surface area contributed by atoms with Crippen LogP contribution < -0.4 is 21.0 Å². The van der Waals surface area contributed by atoms with E-state index in [4.69, 9.17) is 68.6 Å². The third kappa shape index (κ3) is 44.4. The lowest BCUT2D eigenvalue weighted by atomic mass is 9.87. The lowest BCUT2D eigenvalue weighted by molar-refractivity contribution is -0.777. The van der Waals surface area contributed by atoms with Gasteiger partial charge in [-0.15, -0.1) is 0 Å². The predicted octanol–water partition coefficient (Wildman–Crippen LogP) is 24.0. The van der Waals surface area contributed by atoms with Crippen LogP contribution in [0.4, 0.5) is 5.69 Å². The zero-order valence-electron chi connectivity index (χ0n) is 82.9. The average molecular weight is 2100 g/mol. The number of nitro groups is 1. The zero-order chi connectivity index (χ0) is 101. The van der Waals surface area contributed by atoms with Gasteiger partial charge in [0.25, 0.3) is 5.69 Å². The number of nitrogens with zero attached hydrogens (tertiary/aromatic N) is 1. The number of halogens is 1. The molecule has 38 heteroatoms. The second-order valence-electron chi connectivity index (χ2n) is 39.4. The van der Waals surface area contributed by atoms with Crippen LogP contribution in [0.3, 0.4) is 0 Å². The SMILES string of the molecule is O=C(OCCC1CCCCC1)c1c(Cl)ccc(SOO[O-])c1C(=O)OCCC1CCCCC1.O=C(OCCC1CCCCC1)c1c(SOO[O-])ccc([N+](=O)[O-])c1C(=O)OCCC1CCCCC1.O=C(OCCC1CCCCC1)c1cc(COOCCC2CCCCC2)c(SOO[O-])c(COOCCC2CCCCC2)c1.O=C(OCCC1CCCCC1)c1cc(SOO[O-])cc(C(=O)OCCC2CCCCC2)c1. The molecule has 9 fully saturated rings. The van der Waals surface area contributed by atoms with Gasteiger partial charge in [-0.2, -0.15) is 17.3 Å². The second kappa shape index (κ2) is 70.6. The van der Waals surface area contributed by atoms with Crippen molar-refractivity contribution >= 4 is 107 Å². The lowest BCUT2D eigenvalue weighted by Gasteiger charge is -2.22. The molecule has 143 heavy (non-hydrogen) atoms. The van der Waals surface area contributed by atoms with E-state index in [0.717, 1.165) is 140 Å². The molecular weight excluding hydrogens is 1950 g/mol. The van der Waals surface area contributed by atoms with Gasteiger partial charge in [0.1, 0.15) is 13.2 Å². The molecule has 0 N–H and O–H groups in total. The maximum absolute atomic E-state index is 13.1. The van der Waals surface area contributed by atoms with Crippen LogP contribution >= 0.6 is 59.8 Å². The molecular formula is C105H148ClNO32S4-4. The number of hydrogen-bond acceptors (Lipinski definition) is 36. The Morgan fingerprint density at radius 2 is 0.524 bits per heavy atom. The highest BCUT2D eigenvalue weighted by molar-refractivity contribution is 7.95. The summed E-state index contributed by atoms with van der Waals surface area (Å²) >= 11 is 8.57. The number of benzene rings is 4. The number of nitro benzene ring substituents is 1. The van der Waals surface area contributed by atoms with Crippen molar-refractivity contribution in [3.05, 3.63) is 120 Å². The Kier molecular flexibility index (Phi) is 58.5. The quantitative estimate of drug-likeness (QED) is 0.00753. The molecule has 9 saturated carbocycles. The molecule has 4 aromatic rings. The molecule has 0 amide bonds. The van der Waals surface area contributed by atoms with Crippen molar-refractivity contribution in [1.29, 1.82) is 0 Å². The van der Waals surface area contributed by atoms with Gasteiger partial charge in [0.15, 0.2) is 5.56 Å². The van der Waals surface area contributed by atoms with Crippen LogP contribution in [-0.2, 0) is 103 Å². The number of carbonyl (C=O) groups excluding carboxylic acids is 7. The van der Waals surface area contributed by atoms with Gasteiger partial charge < -0.3 is 54.2 Å². The van der Waals surface area contributed by atoms with Crippen molar-refractivity contribution in [2.45, 2.75) is 380 Å². The molecule has 33 nitrogen and oxygen atoms in total. The topological polar surface area (TPSA) is 430 Å². The predicted molar refractivity (Wildman–Crippen MR) is 524 cm³/mol. The normalized spacial score (nSPS) is 18.0. The summed E-state index contributed by atoms with van der Waals surface area (Å²) in [6, 6.07) is 13.1. The minimum Gasteiger partial charge on any atom is -0.691 e. The lowest BCUT2D eigenvalue weighted by Crippen LogP contribution is -2.20. The second-order valence-corrected chi connectivity index (χ2v) is 42.8. The molecule has 4 aromatic carbocycles. The monoisotopic (exact) mass is 2100 g/mol. The molecule has 13 rings (SSSR count). The molecule has 0 saturated heterocycles. The summed E-state index contributed by atoms with van der Waals surface area (Å²) in [7, 11) is 0. The van der Waals surface area contributed by atoms with Crippen LogP contribution in [0.1, 0.15) is 430 Å². The fourth-order valence-electron chi connectivity index (χ4n) is 21.3. The Bertz CT molecular complexity index is 4270. The first kappa shape index (κ1) is 119. The van der Waals surface area contributed by atoms with Gasteiger partial charge in [-0.25, -0.2) is 53.1 Å². The minimum absolute atomic E-state index is 0.0200. The van der Waals surface area contributed by atoms with Crippen molar-refractivity contribution in [1.82, 2.24) is 0 Å². The first-order valence-corrected chi connectivity index (χ1v) is 56.0. The summed E-state index contributed by atoms with van der Waals surface area (Å²) in [5.41, 5.74) is 0.382. The highest BCUT2D eigenvalue weighted by atomic mass is 35.5. The van der Waals surface area contributed by atoms with Crippen LogP contribution in [0.15, 0.2) is 74.2 Å². The van der Waals surface area contributed by atoms with Crippen LogP contribution in [0, 0.1) is 63.4 Å². The van der Waals surface area contributed by atoms with Gasteiger partial charge in [-0.3, -0.25) is 30.3 Å². The summed E-state index contributed by atoms with van der Waals surface area (Å²) in [5, 5.41) is 67.2. The van der Waals surface area contributed by atoms with Crippen LogP contribution in [0.25, 0.3) is 0 Å². The fourth-order valence-corrected chi connectivity index (χ4v) is 23.5. The van der Waals surface area contributed by atoms with E-state index in [-0.39, 0.29) is 82.3 Å². The van der Waals surface area contributed by atoms with Crippen LogP contribution in [-0.4, -0.2) is 106 Å². The molecule has 0 bridgehead atoms. The van der Waals surface area contributed by atoms with Gasteiger partial charge >= 0.3 is 41.8 Å². The van der Waals surface area contributed by atoms with Crippen molar-refractivity contribution in [3.63, 3.8) is 0 Å². The molecule has 0 aromatic heterocycles. The van der Waals surface area contributed by atoms with Crippen molar-refractivity contribution in [3.8, 4) is 0 Å². The molecule has 9 aliphatic carbocycles. The maximum atomic E-state index is 13.1. The van der Waals surface area contributed by atoms with Crippen LogP contribution in [0.2, 0.25) is 5.02 Å². The molecule has 9 aliphatic rings. The van der Waals surface area contributed by atoms with E-state index in [2.05, 4.69) is 33.2 Å². The Morgan fingerprint density at radius 1 is 0.280 bits per heavy atom. The average Bonchev–Trinajstić information content (AvgIpc) is 0.781. The smallest absolute Gasteiger partial charge is 0.346 e. The molecule has 0 heterocycles. The molecule has 0 aliphatic heterocycles. The summed E-state index contributed by atoms with van der Waals surface area (Å²) in [6.45, 7) is 2.90. The van der Waals surface area contributed by atoms with E-state index < -0.39 is 58.0 Å². The third-order valence-electron chi connectivity index (χ3n) is 29.4. The number of carbonyl (C=O) groups is 7. The molecule has 0 unspecified atom stereocenters. The zero-order valence-corrected chi connectivity index (χ0v) is 86.9. The van der Waals surface area contributed by atoms with E-state index in [0.29, 0.717) is 162 Å². The Morgan fingerprint density at radius 3 is 0.818 bits per heavy atom. The van der Waals surface area contributed by atoms with Crippen molar-refractivity contribution in [2.75, 3.05) is 59.5 Å². The summed E-state index contributed by atoms with van der Waals surface area (Å²) in [4.78, 5) is 125. The van der Waals surface area contributed by atoms with E-state index in [1.807, 2.05) is 0 Å². The van der Waals surface area contributed by atoms with E-state index >= 15 is 0 Å². The number of ether oxygens (including phenoxy) is 7. The van der Waals surface area contributed by atoms with Gasteiger partial charge in [0.05, 0.1) is 161 Å². The molecule has 0 radical (unpaired) electrons. The number of rotatable bonds is 53. The summed E-state index contributed by atoms with van der Waals surface area (Å²) in [6.07, 6.45) is 61.8. The minimum atomic E-state index is -0.989. The van der Waals surface area contributed by atoms with E-state index in [1.165, 1.54) is 248 Å². The molecule has 0 spiro atoms. The van der Waals surface area contributed by atoms with Gasteiger partial charge in [0.2, 0.25) is 0 Å². The van der Waals surface area contributed by atoms with Crippen molar-refractivity contribution < 1.29 is 150 Å². The molecule has 800 valence electrons. The molecule has 0 atom stereocenters. The Balaban J connectivity index is 0.000000197. The maximum Gasteiger partial charge on any atom is 0.346 e. The van der Waals surface area contributed by atoms with Gasteiger partial charge in [-0.1, -0.05) is 301 Å². The van der Waals surface area contributed by atoms with E-state index in [1.54, 1.807) is 12.1 Å². The third-order valence-corrected chi connectivity index (χ3v) is 32.4. The van der Waals surface area contributed by atoms with Crippen LogP contribution in [0.5, 0.6) is 0 Å². The summed E-state index contributed by atoms with van der Waals surface area (Å²) in [5.74, 6) is 0.453. The van der Waals surface area contributed by atoms with E-state index in [9.17, 15) is 64.7 Å². The number of hydrogen-bond donors (Lipinski definition) is 0. The Hall–Kier alpha value is -6.38. The fraction of sp³-hybridized carbons (Fsp3) is 0.705. The van der Waals surface area contributed by atoms with Crippen molar-refractivity contribution in [2.24, 2.45) is 53.3 Å². The first-order valence-electron chi connectivity index (χ1n) is 52.6. The largest absolute Gasteiger partial charge is 0.691 e. The summed E-state index contributed by atoms with van der Waals surface area (Å²) < 4.78 is 56.2. The van der Waals surface area contributed by atoms with Gasteiger partial charge in [0, 0.05) is 15.9 Å². The highest BCUT2D eigenvalue weighted by Gasteiger charge is 2.36. The standard InChI is InChI=1S/C33H52O9S.C24H33ClO7S.C24H33NO9S.C24H34O7S/c34-33(36-19-16-26-10-4-1-5-11-26)29-22-30(24-39-37-20-17-27-12-6-2-7-13-27)32(43-42-41-35)31(23-29)25-40-38-21-18-28-14-8-3-9-15-28;25-19-11-12-20(33-32-31-28)22(24(27)30-16-14-18-9-5-2-6-10-18)21(19)23(26)29-15-13-17-7-3-1-4-8-17;26-23(31-15-13-17-7-3-1-4-8-17)21-19(25(28)29)11-12-20(35-34-33-30)22(21)24(27)32-16-14-18-9-5-2-6-10-18;25-23(28-13-11-18-7-3-1-4-8-18)20-15-21(17-22(16-20)32-31-30-27)24(26)29-14-12-19-9-5-2-6-10-19/h22-23,26-28,35H,1-21,24-25H2;11-12,17-18,28H,1-10,13-16H2;11-12,17-18,30H,1-10,13-16H2;15-19,27H,1-14H2/p-4. The highest BCUT2D eigenvalue weighted by Crippen LogP contribution is 2.41. The number of esters is 7. The Labute approximate surface area is 863 Å². The first-order chi connectivity index (χ1) is 70.0. The van der Waals surface area contributed by atoms with Gasteiger partial charge in [-0.05, 0) is 171 Å².